The van der Waals surface area contributed by atoms with E-state index in [1.165, 1.54) is 0 Å². The van der Waals surface area contributed by atoms with E-state index in [9.17, 15) is 9.59 Å². The number of rotatable bonds is 9. The van der Waals surface area contributed by atoms with E-state index >= 15 is 0 Å². The molecule has 0 aliphatic carbocycles. The molecule has 0 saturated heterocycles. The van der Waals surface area contributed by atoms with Crippen molar-refractivity contribution >= 4 is 11.8 Å². The van der Waals surface area contributed by atoms with Gasteiger partial charge in [-0.05, 0) is 12.8 Å². The Bertz CT molecular complexity index is 187. The number of carbonyl (C=O) groups is 2. The maximum absolute atomic E-state index is 11.0. The minimum Gasteiger partial charge on any atom is -0.356 e. The summed E-state index contributed by atoms with van der Waals surface area (Å²) in [5.41, 5.74) is 10.4. The Balaban J connectivity index is 3.21. The van der Waals surface area contributed by atoms with E-state index in [-0.39, 0.29) is 11.8 Å². The number of hydrogen-bond donors (Lipinski definition) is 4. The fraction of sp³-hybridized carbons (Fsp3) is 0.800. The zero-order valence-electron chi connectivity index (χ0n) is 9.63. The van der Waals surface area contributed by atoms with Crippen molar-refractivity contribution in [2.24, 2.45) is 11.5 Å². The van der Waals surface area contributed by atoms with Gasteiger partial charge in [-0.1, -0.05) is 0 Å². The molecule has 0 aromatic rings. The molecule has 6 N–H and O–H groups in total. The fourth-order valence-electron chi connectivity index (χ4n) is 1.14. The summed E-state index contributed by atoms with van der Waals surface area (Å²) in [6.07, 6.45) is 2.43. The van der Waals surface area contributed by atoms with Crippen LogP contribution in [0.25, 0.3) is 0 Å². The zero-order valence-corrected chi connectivity index (χ0v) is 9.63. The van der Waals surface area contributed by atoms with Crippen molar-refractivity contribution in [3.63, 3.8) is 0 Å². The van der Waals surface area contributed by atoms with Gasteiger partial charge in [0, 0.05) is 39.0 Å². The van der Waals surface area contributed by atoms with Gasteiger partial charge in [0.2, 0.25) is 11.8 Å². The van der Waals surface area contributed by atoms with E-state index in [0.717, 1.165) is 12.8 Å². The largest absolute Gasteiger partial charge is 0.356 e. The Labute approximate surface area is 96.1 Å². The molecule has 0 aromatic carbocycles. The number of hydrogen-bond acceptors (Lipinski definition) is 4. The first-order chi connectivity index (χ1) is 7.70. The molecule has 0 rings (SSSR count). The summed E-state index contributed by atoms with van der Waals surface area (Å²) in [6, 6.07) is 0. The molecular weight excluding hydrogens is 208 g/mol. The third kappa shape index (κ3) is 9.42. The molecule has 0 aliphatic heterocycles. The maximum Gasteiger partial charge on any atom is 0.221 e. The average Bonchev–Trinajstić information content (AvgIpc) is 2.24. The van der Waals surface area contributed by atoms with Crippen molar-refractivity contribution < 1.29 is 9.59 Å². The summed E-state index contributed by atoms with van der Waals surface area (Å²) >= 11 is 0. The summed E-state index contributed by atoms with van der Waals surface area (Å²) in [5.74, 6) is -0.0377. The van der Waals surface area contributed by atoms with Crippen LogP contribution in [0.5, 0.6) is 0 Å². The number of amides is 2. The summed E-state index contributed by atoms with van der Waals surface area (Å²) in [6.45, 7) is 2.01. The van der Waals surface area contributed by atoms with E-state index in [1.807, 2.05) is 0 Å². The van der Waals surface area contributed by atoms with E-state index in [2.05, 4.69) is 10.6 Å². The van der Waals surface area contributed by atoms with E-state index < -0.39 is 0 Å². The molecular formula is C10H22N4O2. The van der Waals surface area contributed by atoms with Crippen LogP contribution in [0.4, 0.5) is 0 Å². The summed E-state index contributed by atoms with van der Waals surface area (Å²) in [4.78, 5) is 22.0. The SMILES string of the molecule is NCCC(=O)NCCCCNC(=O)CCN. The molecule has 0 aromatic heterocycles. The topological polar surface area (TPSA) is 110 Å². The van der Waals surface area contributed by atoms with Crippen molar-refractivity contribution in [3.8, 4) is 0 Å². The number of carbonyl (C=O) groups excluding carboxylic acids is 2. The van der Waals surface area contributed by atoms with Crippen molar-refractivity contribution in [3.05, 3.63) is 0 Å². The Morgan fingerprint density at radius 3 is 1.50 bits per heavy atom. The predicted molar refractivity (Wildman–Crippen MR) is 62.6 cm³/mol. The van der Waals surface area contributed by atoms with Gasteiger partial charge in [-0.25, -0.2) is 0 Å². The second kappa shape index (κ2) is 10.4. The lowest BCUT2D eigenvalue weighted by Crippen LogP contribution is -2.29. The van der Waals surface area contributed by atoms with Crippen LogP contribution >= 0.6 is 0 Å². The van der Waals surface area contributed by atoms with Crippen LogP contribution in [0.2, 0.25) is 0 Å². The van der Waals surface area contributed by atoms with Gasteiger partial charge in [-0.2, -0.15) is 0 Å². The van der Waals surface area contributed by atoms with Crippen molar-refractivity contribution in [1.29, 1.82) is 0 Å². The maximum atomic E-state index is 11.0. The molecule has 0 saturated carbocycles. The van der Waals surface area contributed by atoms with E-state index in [1.54, 1.807) is 0 Å². The summed E-state index contributed by atoms with van der Waals surface area (Å²) < 4.78 is 0. The molecule has 0 spiro atoms. The van der Waals surface area contributed by atoms with Crippen molar-refractivity contribution in [2.45, 2.75) is 25.7 Å². The average molecular weight is 230 g/mol. The molecule has 0 aliphatic rings. The molecule has 0 heterocycles. The first kappa shape index (κ1) is 14.9. The standard InChI is InChI=1S/C10H22N4O2/c11-5-3-9(15)13-7-1-2-8-14-10(16)4-6-12/h1-8,11-12H2,(H,13,15)(H,14,16). The van der Waals surface area contributed by atoms with E-state index in [4.69, 9.17) is 11.5 Å². The van der Waals surface area contributed by atoms with Crippen LogP contribution in [0.1, 0.15) is 25.7 Å². The highest BCUT2D eigenvalue weighted by molar-refractivity contribution is 5.76. The van der Waals surface area contributed by atoms with Crippen LogP contribution in [0, 0.1) is 0 Å². The lowest BCUT2D eigenvalue weighted by molar-refractivity contribution is -0.121. The van der Waals surface area contributed by atoms with Gasteiger partial charge in [0.1, 0.15) is 0 Å². The Hall–Kier alpha value is -1.14. The quantitative estimate of drug-likeness (QED) is 0.369. The molecule has 94 valence electrons. The van der Waals surface area contributed by atoms with Crippen LogP contribution in [0.3, 0.4) is 0 Å². The highest BCUT2D eigenvalue weighted by atomic mass is 16.2. The van der Waals surface area contributed by atoms with Crippen LogP contribution in [-0.2, 0) is 9.59 Å². The van der Waals surface area contributed by atoms with Gasteiger partial charge in [0.15, 0.2) is 0 Å². The minimum atomic E-state index is -0.0188. The molecule has 0 atom stereocenters. The fourth-order valence-corrected chi connectivity index (χ4v) is 1.14. The first-order valence-electron chi connectivity index (χ1n) is 5.64. The molecule has 0 fully saturated rings. The molecule has 6 heteroatoms. The lowest BCUT2D eigenvalue weighted by atomic mass is 10.3. The molecule has 6 nitrogen and oxygen atoms in total. The molecule has 0 unspecified atom stereocenters. The van der Waals surface area contributed by atoms with E-state index in [0.29, 0.717) is 39.0 Å². The van der Waals surface area contributed by atoms with Gasteiger partial charge < -0.3 is 22.1 Å². The van der Waals surface area contributed by atoms with Crippen LogP contribution in [0.15, 0.2) is 0 Å². The number of nitrogens with one attached hydrogen (secondary N) is 2. The van der Waals surface area contributed by atoms with Crippen molar-refractivity contribution in [2.75, 3.05) is 26.2 Å². The zero-order chi connectivity index (χ0) is 12.2. The monoisotopic (exact) mass is 230 g/mol. The van der Waals surface area contributed by atoms with Gasteiger partial charge in [0.05, 0.1) is 0 Å². The Morgan fingerprint density at radius 2 is 1.19 bits per heavy atom. The van der Waals surface area contributed by atoms with Crippen molar-refractivity contribution in [1.82, 2.24) is 10.6 Å². The van der Waals surface area contributed by atoms with Gasteiger partial charge >= 0.3 is 0 Å². The van der Waals surface area contributed by atoms with Gasteiger partial charge in [-0.15, -0.1) is 0 Å². The number of unbranched alkanes of at least 4 members (excludes halogenated alkanes) is 1. The third-order valence-corrected chi connectivity index (χ3v) is 1.99. The molecule has 2 amide bonds. The second-order valence-electron chi connectivity index (χ2n) is 3.48. The number of nitrogens with two attached hydrogens (primary N) is 2. The molecule has 0 bridgehead atoms. The van der Waals surface area contributed by atoms with Gasteiger partial charge in [-0.3, -0.25) is 9.59 Å². The Kier molecular flexibility index (Phi) is 9.64. The highest BCUT2D eigenvalue weighted by Gasteiger charge is 1.99. The minimum absolute atomic E-state index is 0.0188. The summed E-state index contributed by atoms with van der Waals surface area (Å²) in [7, 11) is 0. The Morgan fingerprint density at radius 1 is 0.812 bits per heavy atom. The van der Waals surface area contributed by atoms with Crippen LogP contribution < -0.4 is 22.1 Å². The lowest BCUT2D eigenvalue weighted by Gasteiger charge is -2.05. The third-order valence-electron chi connectivity index (χ3n) is 1.99. The van der Waals surface area contributed by atoms with Gasteiger partial charge in [0.25, 0.3) is 0 Å². The second-order valence-corrected chi connectivity index (χ2v) is 3.48. The summed E-state index contributed by atoms with van der Waals surface area (Å²) in [5, 5.41) is 5.49. The molecule has 0 radical (unpaired) electrons. The molecule has 16 heavy (non-hydrogen) atoms. The first-order valence-corrected chi connectivity index (χ1v) is 5.64. The smallest absolute Gasteiger partial charge is 0.221 e. The predicted octanol–water partition coefficient (Wildman–Crippen LogP) is -1.30. The highest BCUT2D eigenvalue weighted by Crippen LogP contribution is 1.86. The normalized spacial score (nSPS) is 9.88. The van der Waals surface area contributed by atoms with Crippen LogP contribution in [-0.4, -0.2) is 38.0 Å².